The van der Waals surface area contributed by atoms with E-state index in [4.69, 9.17) is 5.53 Å². The number of rotatable bonds is 6. The summed E-state index contributed by atoms with van der Waals surface area (Å²) in [5, 5.41) is 3.21. The number of nitrogens with one attached hydrogen (secondary N) is 1. The Bertz CT molecular complexity index is 570. The first kappa shape index (κ1) is 14.4. The van der Waals surface area contributed by atoms with Crippen molar-refractivity contribution in [3.8, 4) is 0 Å². The summed E-state index contributed by atoms with van der Waals surface area (Å²) in [6.45, 7) is 0.0853. The van der Waals surface area contributed by atoms with Gasteiger partial charge in [-0.3, -0.25) is 0 Å². The second-order valence-corrected chi connectivity index (χ2v) is 5.02. The summed E-state index contributed by atoms with van der Waals surface area (Å²) in [6, 6.07) is 2.17. The van der Waals surface area contributed by atoms with E-state index >= 15 is 0 Å². The third kappa shape index (κ3) is 3.95. The van der Waals surface area contributed by atoms with Crippen LogP contribution in [0.3, 0.4) is 0 Å². The zero-order chi connectivity index (χ0) is 13.6. The molecule has 0 aliphatic carbocycles. The summed E-state index contributed by atoms with van der Waals surface area (Å²) in [5.41, 5.74) is 8.00. The highest BCUT2D eigenvalue weighted by Gasteiger charge is 2.19. The molecular weight excluding hydrogens is 266 g/mol. The summed E-state index contributed by atoms with van der Waals surface area (Å²) in [6.07, 6.45) is 0.264. The van der Waals surface area contributed by atoms with Gasteiger partial charge in [0, 0.05) is 18.0 Å². The molecule has 1 aromatic carbocycles. The summed E-state index contributed by atoms with van der Waals surface area (Å²) >= 11 is 0. The van der Waals surface area contributed by atoms with Crippen molar-refractivity contribution in [1.82, 2.24) is 4.72 Å². The van der Waals surface area contributed by atoms with Crippen molar-refractivity contribution in [2.75, 3.05) is 13.1 Å². The molecule has 0 unspecified atom stereocenters. The fourth-order valence-electron chi connectivity index (χ4n) is 1.16. The molecule has 0 amide bonds. The van der Waals surface area contributed by atoms with Gasteiger partial charge in [-0.2, -0.15) is 0 Å². The molecule has 1 rings (SSSR count). The number of hydrogen-bond donors (Lipinski definition) is 1. The highest BCUT2D eigenvalue weighted by molar-refractivity contribution is 7.89. The molecule has 18 heavy (non-hydrogen) atoms. The molecule has 0 atom stereocenters. The maximum Gasteiger partial charge on any atom is 0.243 e. The van der Waals surface area contributed by atoms with Gasteiger partial charge in [0.15, 0.2) is 0 Å². The van der Waals surface area contributed by atoms with E-state index in [0.29, 0.717) is 6.07 Å². The third-order valence-electron chi connectivity index (χ3n) is 1.97. The molecule has 0 aliphatic heterocycles. The van der Waals surface area contributed by atoms with Crippen molar-refractivity contribution in [2.24, 2.45) is 5.11 Å². The zero-order valence-corrected chi connectivity index (χ0v) is 9.99. The van der Waals surface area contributed by atoms with Crippen molar-refractivity contribution in [1.29, 1.82) is 0 Å². The fourth-order valence-corrected chi connectivity index (χ4v) is 2.32. The SMILES string of the molecule is [N-]=[N+]=NCCCNS(=O)(=O)c1cc(F)ccc1F. The maximum atomic E-state index is 13.2. The van der Waals surface area contributed by atoms with Crippen molar-refractivity contribution in [3.05, 3.63) is 40.3 Å². The molecular formula is C9H10F2N4O2S. The van der Waals surface area contributed by atoms with E-state index in [9.17, 15) is 17.2 Å². The number of benzene rings is 1. The molecule has 98 valence electrons. The molecule has 0 fully saturated rings. The number of halogens is 2. The first-order valence-corrected chi connectivity index (χ1v) is 6.41. The van der Waals surface area contributed by atoms with Gasteiger partial charge in [-0.25, -0.2) is 21.9 Å². The highest BCUT2D eigenvalue weighted by Crippen LogP contribution is 2.15. The molecule has 0 heterocycles. The summed E-state index contributed by atoms with van der Waals surface area (Å²) in [4.78, 5) is 1.75. The zero-order valence-electron chi connectivity index (χ0n) is 9.18. The lowest BCUT2D eigenvalue weighted by molar-refractivity contribution is 0.545. The number of azide groups is 1. The molecule has 0 saturated heterocycles. The molecule has 0 aromatic heterocycles. The van der Waals surface area contributed by atoms with Crippen LogP contribution < -0.4 is 4.72 Å². The largest absolute Gasteiger partial charge is 0.243 e. The van der Waals surface area contributed by atoms with E-state index in [2.05, 4.69) is 14.7 Å². The molecule has 0 radical (unpaired) electrons. The third-order valence-corrected chi connectivity index (χ3v) is 3.45. The Balaban J connectivity index is 2.74. The normalized spacial score (nSPS) is 11.0. The average Bonchev–Trinajstić information content (AvgIpc) is 2.32. The van der Waals surface area contributed by atoms with Crippen LogP contribution in [-0.4, -0.2) is 21.5 Å². The summed E-state index contributed by atoms with van der Waals surface area (Å²) < 4.78 is 51.4. The molecule has 0 aliphatic rings. The first-order chi connectivity index (χ1) is 8.47. The quantitative estimate of drug-likeness (QED) is 0.372. The minimum absolute atomic E-state index is 0.0304. The Morgan fingerprint density at radius 3 is 2.78 bits per heavy atom. The molecule has 0 bridgehead atoms. The van der Waals surface area contributed by atoms with Gasteiger partial charge in [0.2, 0.25) is 10.0 Å². The van der Waals surface area contributed by atoms with E-state index in [1.54, 1.807) is 0 Å². The van der Waals surface area contributed by atoms with Crippen LogP contribution in [0.1, 0.15) is 6.42 Å². The van der Waals surface area contributed by atoms with Gasteiger partial charge in [0.05, 0.1) is 0 Å². The van der Waals surface area contributed by atoms with Gasteiger partial charge in [-0.15, -0.1) is 0 Å². The van der Waals surface area contributed by atoms with Crippen LogP contribution in [-0.2, 0) is 10.0 Å². The van der Waals surface area contributed by atoms with Crippen molar-refractivity contribution >= 4 is 10.0 Å². The predicted molar refractivity (Wildman–Crippen MR) is 60.2 cm³/mol. The number of hydrogen-bond acceptors (Lipinski definition) is 3. The Morgan fingerprint density at radius 1 is 1.39 bits per heavy atom. The van der Waals surface area contributed by atoms with Gasteiger partial charge >= 0.3 is 0 Å². The molecule has 1 N–H and O–H groups in total. The van der Waals surface area contributed by atoms with Crippen LogP contribution in [0.5, 0.6) is 0 Å². The Hall–Kier alpha value is -1.70. The fraction of sp³-hybridized carbons (Fsp3) is 0.333. The smallest absolute Gasteiger partial charge is 0.211 e. The maximum absolute atomic E-state index is 13.2. The van der Waals surface area contributed by atoms with Gasteiger partial charge in [-0.1, -0.05) is 5.11 Å². The Labute approximate surface area is 102 Å². The van der Waals surface area contributed by atoms with E-state index in [0.717, 1.165) is 12.1 Å². The number of sulfonamides is 1. The molecule has 0 spiro atoms. The molecule has 0 saturated carbocycles. The van der Waals surface area contributed by atoms with E-state index in [1.165, 1.54) is 0 Å². The second-order valence-electron chi connectivity index (χ2n) is 3.28. The van der Waals surface area contributed by atoms with Crippen LogP contribution in [0.15, 0.2) is 28.2 Å². The van der Waals surface area contributed by atoms with Gasteiger partial charge < -0.3 is 0 Å². The van der Waals surface area contributed by atoms with Crippen molar-refractivity contribution in [3.63, 3.8) is 0 Å². The lowest BCUT2D eigenvalue weighted by Crippen LogP contribution is -2.26. The van der Waals surface area contributed by atoms with E-state index in [-0.39, 0.29) is 19.5 Å². The lowest BCUT2D eigenvalue weighted by atomic mass is 10.3. The van der Waals surface area contributed by atoms with Crippen molar-refractivity contribution < 1.29 is 17.2 Å². The van der Waals surface area contributed by atoms with Crippen molar-refractivity contribution in [2.45, 2.75) is 11.3 Å². The topological polar surface area (TPSA) is 94.9 Å². The minimum atomic E-state index is -4.10. The standard InChI is InChI=1S/C9H10F2N4O2S/c10-7-2-3-8(11)9(6-7)18(16,17)14-5-1-4-13-15-12/h2-3,6,14H,1,4-5H2. The second kappa shape index (κ2) is 6.29. The van der Waals surface area contributed by atoms with Crippen LogP contribution in [0.25, 0.3) is 10.4 Å². The summed E-state index contributed by atoms with van der Waals surface area (Å²) in [7, 11) is -4.10. The van der Waals surface area contributed by atoms with Gasteiger partial charge in [0.1, 0.15) is 16.5 Å². The minimum Gasteiger partial charge on any atom is -0.211 e. The van der Waals surface area contributed by atoms with Gasteiger partial charge in [0.25, 0.3) is 0 Å². The van der Waals surface area contributed by atoms with Crippen LogP contribution in [0.4, 0.5) is 8.78 Å². The summed E-state index contributed by atoms with van der Waals surface area (Å²) in [5.74, 6) is -1.87. The van der Waals surface area contributed by atoms with E-state index < -0.39 is 26.6 Å². The van der Waals surface area contributed by atoms with Crippen LogP contribution in [0, 0.1) is 11.6 Å². The Morgan fingerprint density at radius 2 is 2.11 bits per heavy atom. The lowest BCUT2D eigenvalue weighted by Gasteiger charge is -2.06. The predicted octanol–water partition coefficient (Wildman–Crippen LogP) is 1.94. The van der Waals surface area contributed by atoms with E-state index in [1.807, 2.05) is 0 Å². The number of nitrogens with zero attached hydrogens (tertiary/aromatic N) is 3. The average molecular weight is 276 g/mol. The van der Waals surface area contributed by atoms with Crippen LogP contribution in [0.2, 0.25) is 0 Å². The Kier molecular flexibility index (Phi) is 5.02. The van der Waals surface area contributed by atoms with Crippen LogP contribution >= 0.6 is 0 Å². The molecule has 9 heteroatoms. The molecule has 1 aromatic rings. The van der Waals surface area contributed by atoms with Gasteiger partial charge in [-0.05, 0) is 30.2 Å². The monoisotopic (exact) mass is 276 g/mol. The molecule has 6 nitrogen and oxygen atoms in total. The highest BCUT2D eigenvalue weighted by atomic mass is 32.2. The first-order valence-electron chi connectivity index (χ1n) is 4.93.